The second kappa shape index (κ2) is 7.78. The molecule has 0 radical (unpaired) electrons. The van der Waals surface area contributed by atoms with Crippen LogP contribution in [0, 0.1) is 11.8 Å². The van der Waals surface area contributed by atoms with Gasteiger partial charge in [0, 0.05) is 45.2 Å². The molecule has 0 spiro atoms. The maximum absolute atomic E-state index is 13.1. The van der Waals surface area contributed by atoms with Crippen LogP contribution in [0.25, 0.3) is 0 Å². The van der Waals surface area contributed by atoms with Crippen molar-refractivity contribution in [2.75, 3.05) is 26.2 Å². The Kier molecular flexibility index (Phi) is 5.25. The second-order valence-electron chi connectivity index (χ2n) is 8.02. The fourth-order valence-corrected chi connectivity index (χ4v) is 4.91. The number of hydrogen-bond acceptors (Lipinski definition) is 3. The molecule has 1 aromatic carbocycles. The van der Waals surface area contributed by atoms with Crippen molar-refractivity contribution >= 4 is 11.8 Å². The smallest absolute Gasteiger partial charge is 0.226 e. The normalized spacial score (nSPS) is 29.8. The first-order valence-corrected chi connectivity index (χ1v) is 10.0. The van der Waals surface area contributed by atoms with Crippen LogP contribution < -0.4 is 5.32 Å². The maximum Gasteiger partial charge on any atom is 0.226 e. The van der Waals surface area contributed by atoms with E-state index in [1.807, 2.05) is 11.0 Å². The van der Waals surface area contributed by atoms with E-state index in [9.17, 15) is 9.59 Å². The Labute approximate surface area is 155 Å². The number of piperidine rings is 1. The molecule has 2 amide bonds. The number of carbonyl (C=O) groups excluding carboxylic acids is 2. The van der Waals surface area contributed by atoms with Gasteiger partial charge in [-0.15, -0.1) is 0 Å². The average Bonchev–Trinajstić information content (AvgIpc) is 2.68. The summed E-state index contributed by atoms with van der Waals surface area (Å²) >= 11 is 0. The number of hydrogen-bond donors (Lipinski definition) is 1. The minimum Gasteiger partial charge on any atom is -0.353 e. The third-order valence-corrected chi connectivity index (χ3v) is 6.34. The van der Waals surface area contributed by atoms with Crippen molar-refractivity contribution in [2.45, 2.75) is 44.7 Å². The molecule has 26 heavy (non-hydrogen) atoms. The van der Waals surface area contributed by atoms with E-state index in [0.717, 1.165) is 45.6 Å². The van der Waals surface area contributed by atoms with Gasteiger partial charge >= 0.3 is 0 Å². The lowest BCUT2D eigenvalue weighted by atomic mass is 9.72. The van der Waals surface area contributed by atoms with E-state index in [-0.39, 0.29) is 23.8 Å². The van der Waals surface area contributed by atoms with Crippen LogP contribution in [-0.2, 0) is 16.1 Å². The quantitative estimate of drug-likeness (QED) is 0.903. The van der Waals surface area contributed by atoms with E-state index in [4.69, 9.17) is 0 Å². The molecule has 1 saturated carbocycles. The van der Waals surface area contributed by atoms with Crippen LogP contribution in [0.5, 0.6) is 0 Å². The molecule has 5 heteroatoms. The maximum atomic E-state index is 13.1. The SMILES string of the molecule is O=C1CC(C(=O)N2CCN(Cc3ccccc3)CC2)C2CCCCC2N1. The Hall–Kier alpha value is -1.88. The Balaban J connectivity index is 1.34. The van der Waals surface area contributed by atoms with Gasteiger partial charge in [0.25, 0.3) is 0 Å². The van der Waals surface area contributed by atoms with Crippen LogP contribution in [0.15, 0.2) is 30.3 Å². The van der Waals surface area contributed by atoms with E-state index in [1.165, 1.54) is 18.4 Å². The lowest BCUT2D eigenvalue weighted by Crippen LogP contribution is -2.57. The molecule has 1 aliphatic carbocycles. The minimum absolute atomic E-state index is 0.0641. The highest BCUT2D eigenvalue weighted by Gasteiger charge is 2.43. The molecule has 2 saturated heterocycles. The number of nitrogens with one attached hydrogen (secondary N) is 1. The van der Waals surface area contributed by atoms with Gasteiger partial charge in [0.05, 0.1) is 5.92 Å². The number of nitrogens with zero attached hydrogens (tertiary/aromatic N) is 2. The highest BCUT2D eigenvalue weighted by atomic mass is 16.2. The third-order valence-electron chi connectivity index (χ3n) is 6.34. The van der Waals surface area contributed by atoms with Crippen molar-refractivity contribution in [2.24, 2.45) is 11.8 Å². The Bertz CT molecular complexity index is 640. The average molecular weight is 355 g/mol. The first-order chi connectivity index (χ1) is 12.7. The van der Waals surface area contributed by atoms with E-state index in [2.05, 4.69) is 34.5 Å². The summed E-state index contributed by atoms with van der Waals surface area (Å²) in [4.78, 5) is 29.6. The molecule has 2 heterocycles. The van der Waals surface area contributed by atoms with E-state index in [1.54, 1.807) is 0 Å². The lowest BCUT2D eigenvalue weighted by Gasteiger charge is -2.43. The molecule has 3 unspecified atom stereocenters. The van der Waals surface area contributed by atoms with Gasteiger partial charge in [-0.05, 0) is 24.3 Å². The first-order valence-electron chi connectivity index (χ1n) is 10.0. The summed E-state index contributed by atoms with van der Waals surface area (Å²) in [5, 5.41) is 3.12. The van der Waals surface area contributed by atoms with Crippen molar-refractivity contribution in [3.8, 4) is 0 Å². The zero-order valence-corrected chi connectivity index (χ0v) is 15.4. The molecule has 3 fully saturated rings. The molecule has 0 aromatic heterocycles. The van der Waals surface area contributed by atoms with E-state index >= 15 is 0 Å². The zero-order chi connectivity index (χ0) is 17.9. The number of fused-ring (bicyclic) bond motifs is 1. The number of rotatable bonds is 3. The van der Waals surface area contributed by atoms with Crippen molar-refractivity contribution in [1.29, 1.82) is 0 Å². The van der Waals surface area contributed by atoms with Gasteiger partial charge in [0.15, 0.2) is 0 Å². The largest absolute Gasteiger partial charge is 0.353 e. The fraction of sp³-hybridized carbons (Fsp3) is 0.619. The molecule has 1 N–H and O–H groups in total. The van der Waals surface area contributed by atoms with Gasteiger partial charge in [0.1, 0.15) is 0 Å². The zero-order valence-electron chi connectivity index (χ0n) is 15.4. The summed E-state index contributed by atoms with van der Waals surface area (Å²) in [6.07, 6.45) is 4.84. The standard InChI is InChI=1S/C21H29N3O2/c25-20-14-18(17-8-4-5-9-19(17)22-20)21(26)24-12-10-23(11-13-24)15-16-6-2-1-3-7-16/h1-3,6-7,17-19H,4-5,8-15H2,(H,22,25). The molecule has 0 bridgehead atoms. The minimum atomic E-state index is -0.102. The monoisotopic (exact) mass is 355 g/mol. The molecule has 5 nitrogen and oxygen atoms in total. The number of carbonyl (C=O) groups is 2. The topological polar surface area (TPSA) is 52.7 Å². The molecule has 2 aliphatic heterocycles. The molecule has 4 rings (SSSR count). The summed E-state index contributed by atoms with van der Waals surface area (Å²) in [5.41, 5.74) is 1.32. The second-order valence-corrected chi connectivity index (χ2v) is 8.02. The van der Waals surface area contributed by atoms with E-state index in [0.29, 0.717) is 12.3 Å². The molecular formula is C21H29N3O2. The van der Waals surface area contributed by atoms with Crippen LogP contribution in [0.1, 0.15) is 37.7 Å². The Morgan fingerprint density at radius 2 is 1.77 bits per heavy atom. The molecular weight excluding hydrogens is 326 g/mol. The summed E-state index contributed by atoms with van der Waals surface area (Å²) in [6, 6.07) is 10.7. The van der Waals surface area contributed by atoms with Gasteiger partial charge in [-0.1, -0.05) is 43.2 Å². The lowest BCUT2D eigenvalue weighted by molar-refractivity contribution is -0.146. The van der Waals surface area contributed by atoms with Crippen LogP contribution in [0.3, 0.4) is 0 Å². The molecule has 3 atom stereocenters. The molecule has 3 aliphatic rings. The number of piperazine rings is 1. The molecule has 1 aromatic rings. The summed E-state index contributed by atoms with van der Waals surface area (Å²) in [6.45, 7) is 4.32. The third kappa shape index (κ3) is 3.78. The Morgan fingerprint density at radius 3 is 2.54 bits per heavy atom. The van der Waals surface area contributed by atoms with Crippen molar-refractivity contribution in [1.82, 2.24) is 15.1 Å². The van der Waals surface area contributed by atoms with Crippen LogP contribution in [0.4, 0.5) is 0 Å². The summed E-state index contributed by atoms with van der Waals surface area (Å²) in [7, 11) is 0. The van der Waals surface area contributed by atoms with Crippen LogP contribution >= 0.6 is 0 Å². The first kappa shape index (κ1) is 17.5. The van der Waals surface area contributed by atoms with Crippen LogP contribution in [0.2, 0.25) is 0 Å². The summed E-state index contributed by atoms with van der Waals surface area (Å²) < 4.78 is 0. The highest BCUT2D eigenvalue weighted by Crippen LogP contribution is 2.36. The van der Waals surface area contributed by atoms with Crippen LogP contribution in [-0.4, -0.2) is 53.8 Å². The van der Waals surface area contributed by atoms with Crippen molar-refractivity contribution in [3.05, 3.63) is 35.9 Å². The van der Waals surface area contributed by atoms with Crippen molar-refractivity contribution in [3.63, 3.8) is 0 Å². The van der Waals surface area contributed by atoms with E-state index < -0.39 is 0 Å². The Morgan fingerprint density at radius 1 is 1.04 bits per heavy atom. The highest BCUT2D eigenvalue weighted by molar-refractivity contribution is 5.87. The fourth-order valence-electron chi connectivity index (χ4n) is 4.91. The summed E-state index contributed by atoms with van der Waals surface area (Å²) in [5.74, 6) is 0.524. The van der Waals surface area contributed by atoms with Gasteiger partial charge in [0.2, 0.25) is 11.8 Å². The predicted octanol–water partition coefficient (Wildman–Crippen LogP) is 2.03. The number of benzene rings is 1. The van der Waals surface area contributed by atoms with Gasteiger partial charge < -0.3 is 10.2 Å². The molecule has 140 valence electrons. The predicted molar refractivity (Wildman–Crippen MR) is 100 cm³/mol. The van der Waals surface area contributed by atoms with Crippen molar-refractivity contribution < 1.29 is 9.59 Å². The van der Waals surface area contributed by atoms with Gasteiger partial charge in [-0.25, -0.2) is 0 Å². The van der Waals surface area contributed by atoms with Gasteiger partial charge in [-0.2, -0.15) is 0 Å². The number of amides is 2. The van der Waals surface area contributed by atoms with Gasteiger partial charge in [-0.3, -0.25) is 14.5 Å².